The second-order valence-corrected chi connectivity index (χ2v) is 18.1. The Morgan fingerprint density at radius 3 is 1.91 bits per heavy atom. The van der Waals surface area contributed by atoms with Gasteiger partial charge in [0.2, 0.25) is 0 Å². The molecule has 4 atom stereocenters. The van der Waals surface area contributed by atoms with Gasteiger partial charge < -0.3 is 4.90 Å². The number of benzene rings is 7. The van der Waals surface area contributed by atoms with Crippen LogP contribution in [0.3, 0.4) is 0 Å². The third-order valence-corrected chi connectivity index (χ3v) is 15.3. The molecule has 7 aromatic rings. The summed E-state index contributed by atoms with van der Waals surface area (Å²) < 4.78 is 0. The first-order chi connectivity index (χ1) is 28.8. The lowest BCUT2D eigenvalue weighted by Crippen LogP contribution is -2.35. The van der Waals surface area contributed by atoms with Gasteiger partial charge in [-0.1, -0.05) is 159 Å². The van der Waals surface area contributed by atoms with Gasteiger partial charge in [0, 0.05) is 22.7 Å². The molecule has 7 aromatic carbocycles. The molecule has 0 aromatic heterocycles. The molecule has 0 N–H and O–H groups in total. The Hall–Kier alpha value is -5.66. The lowest BCUT2D eigenvalue weighted by molar-refractivity contribution is 0.347. The van der Waals surface area contributed by atoms with Crippen LogP contribution in [0, 0.1) is 11.8 Å². The van der Waals surface area contributed by atoms with Crippen molar-refractivity contribution in [3.63, 3.8) is 0 Å². The summed E-state index contributed by atoms with van der Waals surface area (Å²) in [5.41, 5.74) is 22.0. The van der Waals surface area contributed by atoms with Crippen molar-refractivity contribution in [1.82, 2.24) is 0 Å². The maximum absolute atomic E-state index is 2.70. The predicted molar refractivity (Wildman–Crippen MR) is 240 cm³/mol. The van der Waals surface area contributed by atoms with Gasteiger partial charge in [0.15, 0.2) is 0 Å². The van der Waals surface area contributed by atoms with Crippen molar-refractivity contribution in [2.75, 3.05) is 4.90 Å². The topological polar surface area (TPSA) is 3.24 Å². The summed E-state index contributed by atoms with van der Waals surface area (Å²) in [5.74, 6) is 1.93. The summed E-state index contributed by atoms with van der Waals surface area (Å²) in [6.45, 7) is 0. The maximum Gasteiger partial charge on any atom is 0.0505 e. The van der Waals surface area contributed by atoms with E-state index in [2.05, 4.69) is 169 Å². The Balaban J connectivity index is 1.08. The average molecular weight is 750 g/mol. The van der Waals surface area contributed by atoms with Gasteiger partial charge in [-0.3, -0.25) is 0 Å². The largest absolute Gasteiger partial charge is 0.310 e. The fourth-order valence-electron chi connectivity index (χ4n) is 13.1. The van der Waals surface area contributed by atoms with E-state index in [0.717, 1.165) is 12.8 Å². The number of fused-ring (bicyclic) bond motifs is 5. The highest BCUT2D eigenvalue weighted by Crippen LogP contribution is 2.68. The van der Waals surface area contributed by atoms with E-state index in [1.807, 2.05) is 0 Å². The molecule has 2 saturated carbocycles. The molecule has 1 spiro atoms. The Bertz CT molecular complexity index is 2660. The minimum Gasteiger partial charge on any atom is -0.310 e. The zero-order chi connectivity index (χ0) is 38.2. The molecule has 58 heavy (non-hydrogen) atoms. The monoisotopic (exact) mass is 749 g/mol. The van der Waals surface area contributed by atoms with Gasteiger partial charge in [-0.25, -0.2) is 0 Å². The summed E-state index contributed by atoms with van der Waals surface area (Å²) in [7, 11) is 0. The van der Waals surface area contributed by atoms with E-state index in [1.54, 1.807) is 22.3 Å². The highest BCUT2D eigenvalue weighted by Gasteiger charge is 2.62. The molecule has 0 heterocycles. The number of rotatable bonds is 7. The van der Waals surface area contributed by atoms with E-state index in [0.29, 0.717) is 17.8 Å². The molecule has 0 radical (unpaired) electrons. The Morgan fingerprint density at radius 2 is 1.10 bits per heavy atom. The van der Waals surface area contributed by atoms with E-state index in [4.69, 9.17) is 0 Å². The second kappa shape index (κ2) is 13.7. The van der Waals surface area contributed by atoms with Crippen LogP contribution in [0.15, 0.2) is 164 Å². The van der Waals surface area contributed by atoms with Gasteiger partial charge in [0.25, 0.3) is 0 Å². The first-order valence-corrected chi connectivity index (χ1v) is 22.2. The van der Waals surface area contributed by atoms with Crippen LogP contribution in [0.5, 0.6) is 0 Å². The van der Waals surface area contributed by atoms with Crippen molar-refractivity contribution >= 4 is 17.1 Å². The smallest absolute Gasteiger partial charge is 0.0505 e. The lowest BCUT2D eigenvalue weighted by Gasteiger charge is -2.40. The highest BCUT2D eigenvalue weighted by atomic mass is 15.2. The number of hydrogen-bond donors (Lipinski definition) is 0. The fraction of sp³-hybridized carbons (Fsp3) is 0.263. The van der Waals surface area contributed by atoms with E-state index < -0.39 is 0 Å². The maximum atomic E-state index is 2.70. The SMILES string of the molecule is c1ccc(C(c2ccc3c(c2)Cc2ccccc2-3)c2cccc3c2C24c5c(cccc5N(c5ccccc5)c5ccccc5C5CCCCC5)CC2CCC4C3)cc1. The summed E-state index contributed by atoms with van der Waals surface area (Å²) in [4.78, 5) is 2.70. The van der Waals surface area contributed by atoms with Gasteiger partial charge in [-0.05, 0) is 154 Å². The van der Waals surface area contributed by atoms with Gasteiger partial charge in [-0.15, -0.1) is 0 Å². The van der Waals surface area contributed by atoms with Crippen LogP contribution in [0.1, 0.15) is 112 Å². The molecule has 4 unspecified atom stereocenters. The molecule has 5 aliphatic carbocycles. The molecule has 12 rings (SSSR count). The number of para-hydroxylation sites is 2. The van der Waals surface area contributed by atoms with E-state index in [-0.39, 0.29) is 11.3 Å². The normalized spacial score (nSPS) is 21.7. The van der Waals surface area contributed by atoms with E-state index in [1.165, 1.54) is 113 Å². The molecule has 0 saturated heterocycles. The van der Waals surface area contributed by atoms with Gasteiger partial charge >= 0.3 is 0 Å². The third kappa shape index (κ3) is 5.14. The zero-order valence-electron chi connectivity index (χ0n) is 33.4. The standard InChI is InChI=1S/C57H51N/c1-4-16-38(17-5-1)50-26-12-13-28-52(50)58(47-23-8-3-9-24-47)53-29-15-22-43-37-46-32-31-45-36-42-21-14-27-51(55(42)57(45,46)56(43)53)54(39-18-6-2-7-19-39)41-30-33-49-44(35-41)34-40-20-10-11-25-48(40)49/h2-3,6-15,18-30,33,35,38,45-46,54H,1,4-5,16-17,31-32,34,36-37H2. The molecule has 1 heteroatoms. The number of hydrogen-bond acceptors (Lipinski definition) is 1. The molecule has 2 fully saturated rings. The third-order valence-electron chi connectivity index (χ3n) is 15.3. The molecular weight excluding hydrogens is 699 g/mol. The van der Waals surface area contributed by atoms with Gasteiger partial charge in [0.05, 0.1) is 5.69 Å². The second-order valence-electron chi connectivity index (χ2n) is 18.1. The Morgan fingerprint density at radius 1 is 0.466 bits per heavy atom. The van der Waals surface area contributed by atoms with Crippen LogP contribution in [0.2, 0.25) is 0 Å². The van der Waals surface area contributed by atoms with Crippen LogP contribution < -0.4 is 4.90 Å². The highest BCUT2D eigenvalue weighted by molar-refractivity contribution is 5.84. The molecule has 1 nitrogen and oxygen atoms in total. The first-order valence-electron chi connectivity index (χ1n) is 22.2. The molecular formula is C57H51N. The summed E-state index contributed by atoms with van der Waals surface area (Å²) >= 11 is 0. The van der Waals surface area contributed by atoms with Crippen LogP contribution in [0.4, 0.5) is 17.1 Å². The van der Waals surface area contributed by atoms with Crippen LogP contribution >= 0.6 is 0 Å². The van der Waals surface area contributed by atoms with Crippen molar-refractivity contribution in [2.24, 2.45) is 11.8 Å². The fourth-order valence-corrected chi connectivity index (χ4v) is 13.1. The van der Waals surface area contributed by atoms with Crippen molar-refractivity contribution in [2.45, 2.75) is 81.5 Å². The molecule has 5 aliphatic rings. The van der Waals surface area contributed by atoms with Crippen molar-refractivity contribution < 1.29 is 0 Å². The van der Waals surface area contributed by atoms with Gasteiger partial charge in [0.1, 0.15) is 0 Å². The summed E-state index contributed by atoms with van der Waals surface area (Å²) in [6.07, 6.45) is 12.5. The molecule has 0 aliphatic heterocycles. The molecule has 284 valence electrons. The van der Waals surface area contributed by atoms with Crippen molar-refractivity contribution in [3.05, 3.63) is 219 Å². The van der Waals surface area contributed by atoms with Crippen LogP contribution in [0.25, 0.3) is 11.1 Å². The Labute approximate surface area is 344 Å². The average Bonchev–Trinajstić information content (AvgIpc) is 4.02. The van der Waals surface area contributed by atoms with Crippen molar-refractivity contribution in [3.8, 4) is 11.1 Å². The van der Waals surface area contributed by atoms with E-state index >= 15 is 0 Å². The minimum absolute atomic E-state index is 0.0370. The summed E-state index contributed by atoms with van der Waals surface area (Å²) in [6, 6.07) is 63.5. The Kier molecular flexibility index (Phi) is 8.14. The van der Waals surface area contributed by atoms with Crippen molar-refractivity contribution in [1.29, 1.82) is 0 Å². The quantitative estimate of drug-likeness (QED) is 0.147. The van der Waals surface area contributed by atoms with Crippen LogP contribution in [-0.4, -0.2) is 0 Å². The minimum atomic E-state index is -0.0370. The zero-order valence-corrected chi connectivity index (χ0v) is 33.4. The number of anilines is 3. The first kappa shape index (κ1) is 34.4. The predicted octanol–water partition coefficient (Wildman–Crippen LogP) is 14.4. The number of nitrogens with zero attached hydrogens (tertiary/aromatic N) is 1. The lowest BCUT2D eigenvalue weighted by atomic mass is 9.65. The van der Waals surface area contributed by atoms with Gasteiger partial charge in [-0.2, -0.15) is 0 Å². The van der Waals surface area contributed by atoms with E-state index in [9.17, 15) is 0 Å². The summed E-state index contributed by atoms with van der Waals surface area (Å²) in [5, 5.41) is 0. The van der Waals surface area contributed by atoms with Crippen LogP contribution in [-0.2, 0) is 24.7 Å². The molecule has 0 bridgehead atoms. The molecule has 0 amide bonds.